The molecule has 0 saturated carbocycles. The normalized spacial score (nSPS) is 16.8. The number of carbonyl (C=O) groups excluding carboxylic acids is 1. The maximum atomic E-state index is 13.2. The summed E-state index contributed by atoms with van der Waals surface area (Å²) in [5.41, 5.74) is 1.68. The molecule has 9 heteroatoms. The summed E-state index contributed by atoms with van der Waals surface area (Å²) in [6, 6.07) is 1.78. The van der Waals surface area contributed by atoms with Gasteiger partial charge in [-0.05, 0) is 66.7 Å². The molecule has 3 rings (SSSR count). The zero-order valence-electron chi connectivity index (χ0n) is 24.7. The van der Waals surface area contributed by atoms with Crippen LogP contribution in [0.15, 0.2) is 6.07 Å². The van der Waals surface area contributed by atoms with E-state index in [1.54, 1.807) is 17.5 Å². The highest BCUT2D eigenvalue weighted by molar-refractivity contribution is 5.80. The molecule has 0 aliphatic carbocycles. The van der Waals surface area contributed by atoms with Crippen molar-refractivity contribution in [3.63, 3.8) is 0 Å². The Hall–Kier alpha value is -2.23. The Balaban J connectivity index is 1.95. The summed E-state index contributed by atoms with van der Waals surface area (Å²) in [5, 5.41) is 14.4. The van der Waals surface area contributed by atoms with E-state index < -0.39 is 17.7 Å². The minimum Gasteiger partial charge on any atom is -0.464 e. The first-order valence-corrected chi connectivity index (χ1v) is 14.1. The standard InChI is InChI=1S/C29H48N4O5/c1-9-36-27(35)25(38-28(5,6)7)24-21(4)30-23-18-22(19-34)31-33(23)26(24)32-15-13-29(8,14-16-32)37-17-11-10-12-20(2)3/h18,20,25,34H,9-17,19H2,1-8H3/t25-/m0/s1. The Morgan fingerprint density at radius 2 is 1.89 bits per heavy atom. The van der Waals surface area contributed by atoms with Gasteiger partial charge in [0.25, 0.3) is 0 Å². The number of fused-ring (bicyclic) bond motifs is 1. The van der Waals surface area contributed by atoms with Gasteiger partial charge in [-0.15, -0.1) is 0 Å². The van der Waals surface area contributed by atoms with Crippen LogP contribution in [0.2, 0.25) is 0 Å². The molecule has 1 N–H and O–H groups in total. The second-order valence-corrected chi connectivity index (χ2v) is 12.0. The third kappa shape index (κ3) is 7.67. The van der Waals surface area contributed by atoms with Gasteiger partial charge in [0, 0.05) is 31.5 Å². The molecule has 1 saturated heterocycles. The lowest BCUT2D eigenvalue weighted by Gasteiger charge is -2.41. The molecule has 0 bridgehead atoms. The second-order valence-electron chi connectivity index (χ2n) is 12.0. The Labute approximate surface area is 227 Å². The summed E-state index contributed by atoms with van der Waals surface area (Å²) in [5.74, 6) is 1.03. The molecular formula is C29H48N4O5. The Bertz CT molecular complexity index is 1070. The number of carbonyl (C=O) groups is 1. The maximum absolute atomic E-state index is 13.2. The van der Waals surface area contributed by atoms with E-state index in [0.717, 1.165) is 50.7 Å². The molecule has 0 radical (unpaired) electrons. The van der Waals surface area contributed by atoms with E-state index in [1.807, 2.05) is 27.7 Å². The number of hydrogen-bond donors (Lipinski definition) is 1. The minimum atomic E-state index is -0.964. The molecule has 0 unspecified atom stereocenters. The Morgan fingerprint density at radius 3 is 2.47 bits per heavy atom. The lowest BCUT2D eigenvalue weighted by atomic mass is 9.92. The predicted octanol–water partition coefficient (Wildman–Crippen LogP) is 5.15. The molecule has 1 aliphatic rings. The zero-order valence-corrected chi connectivity index (χ0v) is 24.7. The number of aliphatic hydroxyl groups is 1. The van der Waals surface area contributed by atoms with Crippen molar-refractivity contribution in [1.29, 1.82) is 0 Å². The zero-order chi connectivity index (χ0) is 28.1. The summed E-state index contributed by atoms with van der Waals surface area (Å²) in [7, 11) is 0. The van der Waals surface area contributed by atoms with Crippen LogP contribution in [0.3, 0.4) is 0 Å². The van der Waals surface area contributed by atoms with Gasteiger partial charge in [0.15, 0.2) is 11.8 Å². The van der Waals surface area contributed by atoms with Crippen molar-refractivity contribution in [2.75, 3.05) is 31.2 Å². The van der Waals surface area contributed by atoms with Crippen LogP contribution in [0.25, 0.3) is 5.65 Å². The number of esters is 1. The van der Waals surface area contributed by atoms with Crippen LogP contribution < -0.4 is 4.90 Å². The summed E-state index contributed by atoms with van der Waals surface area (Å²) >= 11 is 0. The van der Waals surface area contributed by atoms with E-state index in [2.05, 4.69) is 30.8 Å². The van der Waals surface area contributed by atoms with Crippen molar-refractivity contribution in [1.82, 2.24) is 14.6 Å². The molecule has 0 amide bonds. The number of piperidine rings is 1. The van der Waals surface area contributed by atoms with Crippen molar-refractivity contribution in [3.05, 3.63) is 23.0 Å². The van der Waals surface area contributed by atoms with Crippen molar-refractivity contribution in [2.45, 2.75) is 111 Å². The SMILES string of the molecule is CCOC(=O)[C@@H](OC(C)(C)C)c1c(C)nc2cc(CO)nn2c1N1CCC(C)(OCCCCC(C)C)CC1. The molecule has 9 nitrogen and oxygen atoms in total. The fourth-order valence-corrected chi connectivity index (χ4v) is 4.96. The molecule has 0 aromatic carbocycles. The van der Waals surface area contributed by atoms with Crippen molar-refractivity contribution < 1.29 is 24.1 Å². The highest BCUT2D eigenvalue weighted by Crippen LogP contribution is 2.38. The van der Waals surface area contributed by atoms with Crippen LogP contribution in [0.1, 0.15) is 104 Å². The van der Waals surface area contributed by atoms with Crippen molar-refractivity contribution in [2.24, 2.45) is 5.92 Å². The van der Waals surface area contributed by atoms with E-state index in [0.29, 0.717) is 22.6 Å². The van der Waals surface area contributed by atoms with Gasteiger partial charge in [-0.25, -0.2) is 9.78 Å². The Morgan fingerprint density at radius 1 is 1.21 bits per heavy atom. The van der Waals surface area contributed by atoms with Crippen LogP contribution >= 0.6 is 0 Å². The monoisotopic (exact) mass is 532 g/mol. The van der Waals surface area contributed by atoms with Gasteiger partial charge < -0.3 is 24.2 Å². The molecule has 1 aliphatic heterocycles. The molecule has 1 atom stereocenters. The largest absolute Gasteiger partial charge is 0.464 e. The average Bonchev–Trinajstić information content (AvgIpc) is 3.24. The first-order valence-electron chi connectivity index (χ1n) is 14.1. The molecule has 3 heterocycles. The lowest BCUT2D eigenvalue weighted by Crippen LogP contribution is -2.46. The highest BCUT2D eigenvalue weighted by Gasteiger charge is 2.38. The average molecular weight is 533 g/mol. The molecule has 0 spiro atoms. The number of nitrogens with zero attached hydrogens (tertiary/aromatic N) is 4. The summed E-state index contributed by atoms with van der Waals surface area (Å²) in [6.45, 7) is 18.4. The van der Waals surface area contributed by atoms with E-state index in [4.69, 9.17) is 19.2 Å². The van der Waals surface area contributed by atoms with Gasteiger partial charge in [-0.1, -0.05) is 26.7 Å². The quantitative estimate of drug-likeness (QED) is 0.296. The van der Waals surface area contributed by atoms with Gasteiger partial charge in [0.1, 0.15) is 5.82 Å². The number of aryl methyl sites for hydroxylation is 1. The van der Waals surface area contributed by atoms with Gasteiger partial charge >= 0.3 is 5.97 Å². The smallest absolute Gasteiger partial charge is 0.340 e. The summed E-state index contributed by atoms with van der Waals surface area (Å²) < 4.78 is 19.9. The van der Waals surface area contributed by atoms with Gasteiger partial charge in [0.2, 0.25) is 0 Å². The first-order chi connectivity index (χ1) is 17.9. The summed E-state index contributed by atoms with van der Waals surface area (Å²) in [4.78, 5) is 20.2. The molecule has 2 aromatic rings. The lowest BCUT2D eigenvalue weighted by molar-refractivity contribution is -0.166. The minimum absolute atomic E-state index is 0.195. The van der Waals surface area contributed by atoms with Gasteiger partial charge in [0.05, 0.1) is 35.7 Å². The third-order valence-corrected chi connectivity index (χ3v) is 7.00. The van der Waals surface area contributed by atoms with Crippen LogP contribution in [-0.2, 0) is 25.6 Å². The van der Waals surface area contributed by atoms with E-state index in [1.165, 1.54) is 12.8 Å². The molecule has 38 heavy (non-hydrogen) atoms. The van der Waals surface area contributed by atoms with Crippen LogP contribution in [0, 0.1) is 12.8 Å². The third-order valence-electron chi connectivity index (χ3n) is 7.00. The number of anilines is 1. The van der Waals surface area contributed by atoms with E-state index >= 15 is 0 Å². The van der Waals surface area contributed by atoms with Gasteiger partial charge in [-0.2, -0.15) is 9.61 Å². The van der Waals surface area contributed by atoms with E-state index in [9.17, 15) is 9.90 Å². The number of aliphatic hydroxyl groups excluding tert-OH is 1. The van der Waals surface area contributed by atoms with Gasteiger partial charge in [-0.3, -0.25) is 0 Å². The summed E-state index contributed by atoms with van der Waals surface area (Å²) in [6.07, 6.45) is 4.22. The second kappa shape index (κ2) is 12.7. The number of aromatic nitrogens is 3. The fourth-order valence-electron chi connectivity index (χ4n) is 4.96. The van der Waals surface area contributed by atoms with Crippen molar-refractivity contribution in [3.8, 4) is 0 Å². The number of rotatable bonds is 12. The first kappa shape index (κ1) is 30.3. The molecule has 2 aromatic heterocycles. The Kier molecular flexibility index (Phi) is 10.2. The van der Waals surface area contributed by atoms with E-state index in [-0.39, 0.29) is 18.8 Å². The number of hydrogen-bond acceptors (Lipinski definition) is 8. The predicted molar refractivity (Wildman–Crippen MR) is 148 cm³/mol. The topological polar surface area (TPSA) is 98.4 Å². The molecule has 214 valence electrons. The fraction of sp³-hybridized carbons (Fsp3) is 0.759. The van der Waals surface area contributed by atoms with Crippen LogP contribution in [-0.4, -0.2) is 63.2 Å². The van der Waals surface area contributed by atoms with Crippen LogP contribution in [0.4, 0.5) is 5.82 Å². The molecule has 1 fully saturated rings. The highest BCUT2D eigenvalue weighted by atomic mass is 16.6. The maximum Gasteiger partial charge on any atom is 0.340 e. The molecular weight excluding hydrogens is 484 g/mol. The number of unbranched alkanes of at least 4 members (excludes halogenated alkanes) is 1. The number of ether oxygens (including phenoxy) is 3. The van der Waals surface area contributed by atoms with Crippen LogP contribution in [0.5, 0.6) is 0 Å². The van der Waals surface area contributed by atoms with Crippen molar-refractivity contribution >= 4 is 17.4 Å².